The SMILES string of the molecule is C=CCn1c(SCC(=O)Nc2ccccc2C(N)=O)nnc1-c1csc2c1CCCC2. The van der Waals surface area contributed by atoms with Crippen LogP contribution in [0.1, 0.15) is 33.6 Å². The van der Waals surface area contributed by atoms with Crippen molar-refractivity contribution in [2.45, 2.75) is 37.4 Å². The summed E-state index contributed by atoms with van der Waals surface area (Å²) in [5.41, 5.74) is 8.58. The highest BCUT2D eigenvalue weighted by atomic mass is 32.2. The van der Waals surface area contributed by atoms with Gasteiger partial charge in [-0.05, 0) is 43.4 Å². The van der Waals surface area contributed by atoms with E-state index in [0.29, 0.717) is 17.4 Å². The minimum atomic E-state index is -0.585. The zero-order chi connectivity index (χ0) is 21.8. The van der Waals surface area contributed by atoms with Crippen LogP contribution in [0.4, 0.5) is 5.69 Å². The van der Waals surface area contributed by atoms with Gasteiger partial charge in [0.25, 0.3) is 5.91 Å². The number of fused-ring (bicyclic) bond motifs is 1. The quantitative estimate of drug-likeness (QED) is 0.398. The molecule has 0 aliphatic heterocycles. The van der Waals surface area contributed by atoms with Gasteiger partial charge in [-0.1, -0.05) is 30.0 Å². The second kappa shape index (κ2) is 9.49. The number of hydrogen-bond acceptors (Lipinski definition) is 6. The van der Waals surface area contributed by atoms with Gasteiger partial charge in [0, 0.05) is 22.4 Å². The second-order valence-electron chi connectivity index (χ2n) is 7.21. The molecule has 1 aliphatic carbocycles. The summed E-state index contributed by atoms with van der Waals surface area (Å²) in [6.07, 6.45) is 6.44. The highest BCUT2D eigenvalue weighted by molar-refractivity contribution is 7.99. The number of primary amides is 1. The van der Waals surface area contributed by atoms with E-state index in [0.717, 1.165) is 24.2 Å². The van der Waals surface area contributed by atoms with Crippen LogP contribution in [0.25, 0.3) is 11.4 Å². The number of nitrogens with two attached hydrogens (primary N) is 1. The van der Waals surface area contributed by atoms with Gasteiger partial charge in [0.1, 0.15) is 0 Å². The Labute approximate surface area is 188 Å². The van der Waals surface area contributed by atoms with E-state index in [2.05, 4.69) is 27.5 Å². The standard InChI is InChI=1S/C22H23N5O2S2/c1-2-11-27-21(16-12-30-18-10-6-4-7-14(16)18)25-26-22(27)31-13-19(28)24-17-9-5-3-8-15(17)20(23)29/h2-3,5,8-9,12H,1,4,6-7,10-11,13H2,(H2,23,29)(H,24,28). The number of rotatable bonds is 8. The number of allylic oxidation sites excluding steroid dienone is 1. The first-order valence-corrected chi connectivity index (χ1v) is 11.9. The van der Waals surface area contributed by atoms with Crippen molar-refractivity contribution in [1.82, 2.24) is 14.8 Å². The number of thioether (sulfide) groups is 1. The monoisotopic (exact) mass is 453 g/mol. The van der Waals surface area contributed by atoms with E-state index >= 15 is 0 Å². The van der Waals surface area contributed by atoms with Gasteiger partial charge in [-0.15, -0.1) is 28.1 Å². The third kappa shape index (κ3) is 4.57. The lowest BCUT2D eigenvalue weighted by atomic mass is 9.95. The molecule has 7 nitrogen and oxygen atoms in total. The number of thiophene rings is 1. The van der Waals surface area contributed by atoms with E-state index in [9.17, 15) is 9.59 Å². The average molecular weight is 454 g/mol. The Morgan fingerprint density at radius 2 is 2.06 bits per heavy atom. The van der Waals surface area contributed by atoms with Gasteiger partial charge >= 0.3 is 0 Å². The molecule has 0 bridgehead atoms. The highest BCUT2D eigenvalue weighted by Gasteiger charge is 2.22. The maximum Gasteiger partial charge on any atom is 0.250 e. The molecular formula is C22H23N5O2S2. The summed E-state index contributed by atoms with van der Waals surface area (Å²) in [6, 6.07) is 6.68. The van der Waals surface area contributed by atoms with Crippen LogP contribution in [-0.4, -0.2) is 32.3 Å². The van der Waals surface area contributed by atoms with Crippen LogP contribution in [-0.2, 0) is 24.2 Å². The Morgan fingerprint density at radius 3 is 2.87 bits per heavy atom. The minimum Gasteiger partial charge on any atom is -0.366 e. The number of nitrogens with one attached hydrogen (secondary N) is 1. The van der Waals surface area contributed by atoms with Gasteiger partial charge in [-0.25, -0.2) is 0 Å². The topological polar surface area (TPSA) is 103 Å². The molecule has 31 heavy (non-hydrogen) atoms. The summed E-state index contributed by atoms with van der Waals surface area (Å²) in [4.78, 5) is 25.5. The lowest BCUT2D eigenvalue weighted by Crippen LogP contribution is -2.19. The van der Waals surface area contributed by atoms with Crippen molar-refractivity contribution < 1.29 is 9.59 Å². The Balaban J connectivity index is 1.51. The molecule has 0 radical (unpaired) electrons. The Kier molecular flexibility index (Phi) is 6.53. The van der Waals surface area contributed by atoms with Crippen molar-refractivity contribution >= 4 is 40.6 Å². The fourth-order valence-corrected chi connectivity index (χ4v) is 5.57. The molecule has 4 rings (SSSR count). The number of nitrogens with zero attached hydrogens (tertiary/aromatic N) is 3. The molecule has 1 aromatic carbocycles. The number of amides is 2. The fourth-order valence-electron chi connectivity index (χ4n) is 3.69. The van der Waals surface area contributed by atoms with Crippen LogP contribution in [0.5, 0.6) is 0 Å². The third-order valence-corrected chi connectivity index (χ3v) is 7.19. The number of benzene rings is 1. The van der Waals surface area contributed by atoms with E-state index in [4.69, 9.17) is 5.73 Å². The van der Waals surface area contributed by atoms with Crippen LogP contribution in [0.2, 0.25) is 0 Å². The molecule has 3 aromatic rings. The summed E-state index contributed by atoms with van der Waals surface area (Å²) in [5, 5.41) is 14.4. The van der Waals surface area contributed by atoms with Crippen LogP contribution >= 0.6 is 23.1 Å². The predicted molar refractivity (Wildman–Crippen MR) is 124 cm³/mol. The van der Waals surface area contributed by atoms with Crippen molar-refractivity contribution in [3.63, 3.8) is 0 Å². The molecule has 0 spiro atoms. The van der Waals surface area contributed by atoms with Gasteiger partial charge in [0.2, 0.25) is 5.91 Å². The summed E-state index contributed by atoms with van der Waals surface area (Å²) < 4.78 is 2.00. The second-order valence-corrected chi connectivity index (χ2v) is 9.12. The molecule has 0 saturated carbocycles. The normalized spacial score (nSPS) is 12.9. The smallest absolute Gasteiger partial charge is 0.250 e. The summed E-state index contributed by atoms with van der Waals surface area (Å²) in [5.74, 6) is 0.116. The molecule has 3 N–H and O–H groups in total. The number of carbonyl (C=O) groups is 2. The molecule has 160 valence electrons. The van der Waals surface area contributed by atoms with Gasteiger partial charge in [-0.3, -0.25) is 14.2 Å². The van der Waals surface area contributed by atoms with Gasteiger partial charge in [0.15, 0.2) is 11.0 Å². The molecule has 1 aliphatic rings. The maximum absolute atomic E-state index is 12.5. The summed E-state index contributed by atoms with van der Waals surface area (Å²) in [7, 11) is 0. The van der Waals surface area contributed by atoms with E-state index in [1.807, 2.05) is 4.57 Å². The summed E-state index contributed by atoms with van der Waals surface area (Å²) in [6.45, 7) is 4.41. The largest absolute Gasteiger partial charge is 0.366 e. The van der Waals surface area contributed by atoms with Crippen molar-refractivity contribution in [1.29, 1.82) is 0 Å². The first-order valence-electron chi connectivity index (χ1n) is 10.0. The molecule has 0 saturated heterocycles. The van der Waals surface area contributed by atoms with Crippen LogP contribution in [0, 0.1) is 0 Å². The molecule has 2 heterocycles. The Bertz CT molecular complexity index is 1130. The van der Waals surface area contributed by atoms with Crippen molar-refractivity contribution in [3.8, 4) is 11.4 Å². The third-order valence-electron chi connectivity index (χ3n) is 5.13. The zero-order valence-electron chi connectivity index (χ0n) is 17.0. The molecule has 0 fully saturated rings. The van der Waals surface area contributed by atoms with Crippen LogP contribution in [0.3, 0.4) is 0 Å². The predicted octanol–water partition coefficient (Wildman–Crippen LogP) is 3.90. The van der Waals surface area contributed by atoms with Gasteiger partial charge in [-0.2, -0.15) is 0 Å². The number of hydrogen-bond donors (Lipinski definition) is 2. The van der Waals surface area contributed by atoms with E-state index in [-0.39, 0.29) is 17.2 Å². The molecule has 9 heteroatoms. The Hall–Kier alpha value is -2.91. The van der Waals surface area contributed by atoms with Gasteiger partial charge in [0.05, 0.1) is 17.0 Å². The molecule has 0 atom stereocenters. The van der Waals surface area contributed by atoms with E-state index in [1.165, 1.54) is 35.0 Å². The molecular weight excluding hydrogens is 430 g/mol. The average Bonchev–Trinajstić information content (AvgIpc) is 3.36. The summed E-state index contributed by atoms with van der Waals surface area (Å²) >= 11 is 3.09. The number of aromatic nitrogens is 3. The maximum atomic E-state index is 12.5. The number of anilines is 1. The fraction of sp³-hybridized carbons (Fsp3) is 0.273. The van der Waals surface area contributed by atoms with Crippen molar-refractivity contribution in [3.05, 3.63) is 58.3 Å². The van der Waals surface area contributed by atoms with Crippen LogP contribution < -0.4 is 11.1 Å². The van der Waals surface area contributed by atoms with E-state index < -0.39 is 5.91 Å². The van der Waals surface area contributed by atoms with Gasteiger partial charge < -0.3 is 11.1 Å². The zero-order valence-corrected chi connectivity index (χ0v) is 18.6. The highest BCUT2D eigenvalue weighted by Crippen LogP contribution is 2.36. The lowest BCUT2D eigenvalue weighted by molar-refractivity contribution is -0.113. The van der Waals surface area contributed by atoms with Crippen LogP contribution in [0.15, 0.2) is 47.5 Å². The van der Waals surface area contributed by atoms with E-state index in [1.54, 1.807) is 41.7 Å². The van der Waals surface area contributed by atoms with Crippen molar-refractivity contribution in [2.75, 3.05) is 11.1 Å². The first kappa shape index (κ1) is 21.3. The molecule has 2 amide bonds. The first-order chi connectivity index (χ1) is 15.1. The van der Waals surface area contributed by atoms with Crippen molar-refractivity contribution in [2.24, 2.45) is 5.73 Å². The molecule has 0 unspecified atom stereocenters. The lowest BCUT2D eigenvalue weighted by Gasteiger charge is -2.13. The number of aryl methyl sites for hydroxylation is 1. The Morgan fingerprint density at radius 1 is 1.26 bits per heavy atom. The minimum absolute atomic E-state index is 0.129. The number of para-hydroxylation sites is 1. The number of carbonyl (C=O) groups excluding carboxylic acids is 2. The molecule has 2 aromatic heterocycles.